The molecule has 2 aromatic carbocycles. The Hall–Kier alpha value is -2.73. The van der Waals surface area contributed by atoms with Gasteiger partial charge in [0, 0.05) is 37.3 Å². The minimum Gasteiger partial charge on any atom is -0.497 e. The Labute approximate surface area is 208 Å². The molecular weight excluding hydrogens is 497 g/mol. The van der Waals surface area contributed by atoms with E-state index in [2.05, 4.69) is 20.0 Å². The molecule has 1 saturated carbocycles. The number of rotatable bonds is 8. The maximum atomic E-state index is 13.6. The van der Waals surface area contributed by atoms with Crippen molar-refractivity contribution >= 4 is 44.2 Å². The van der Waals surface area contributed by atoms with Crippen molar-refractivity contribution in [2.75, 3.05) is 26.5 Å². The normalized spacial score (nSPS) is 18.6. The first-order valence-corrected chi connectivity index (χ1v) is 12.9. The highest BCUT2D eigenvalue weighted by atomic mass is 35.5. The van der Waals surface area contributed by atoms with Gasteiger partial charge in [-0.25, -0.2) is 4.39 Å². The molecule has 1 aromatic heterocycles. The Morgan fingerprint density at radius 3 is 2.49 bits per heavy atom. The van der Waals surface area contributed by atoms with Crippen LogP contribution in [0.3, 0.4) is 0 Å². The summed E-state index contributed by atoms with van der Waals surface area (Å²) in [6.07, 6.45) is 2.41. The summed E-state index contributed by atoms with van der Waals surface area (Å²) < 4.78 is 53.1. The molecule has 2 N–H and O–H groups in total. The van der Waals surface area contributed by atoms with E-state index in [0.29, 0.717) is 48.5 Å². The first-order chi connectivity index (χ1) is 16.6. The first kappa shape index (κ1) is 25.4. The monoisotopic (exact) mass is 523 g/mol. The fourth-order valence-corrected chi connectivity index (χ4v) is 4.89. The van der Waals surface area contributed by atoms with Gasteiger partial charge in [0.25, 0.3) is 10.2 Å². The summed E-state index contributed by atoms with van der Waals surface area (Å²) in [5.74, 6) is 0.594. The molecule has 0 saturated heterocycles. The largest absolute Gasteiger partial charge is 0.497 e. The minimum atomic E-state index is -3.48. The fourth-order valence-electron chi connectivity index (χ4n) is 3.84. The third kappa shape index (κ3) is 6.10. The summed E-state index contributed by atoms with van der Waals surface area (Å²) in [4.78, 5) is 9.12. The number of nitrogens with one attached hydrogen (secondary N) is 2. The number of nitrogens with zero attached hydrogens (tertiary/aromatic N) is 3. The van der Waals surface area contributed by atoms with Crippen LogP contribution in [0.25, 0.3) is 10.9 Å². The number of fused-ring (bicyclic) bond motifs is 1. The molecule has 0 amide bonds. The molecule has 4 rings (SSSR count). The maximum Gasteiger partial charge on any atom is 0.319 e. The predicted molar refractivity (Wildman–Crippen MR) is 133 cm³/mol. The first-order valence-electron chi connectivity index (χ1n) is 11.1. The van der Waals surface area contributed by atoms with Gasteiger partial charge in [-0.1, -0.05) is 11.6 Å². The van der Waals surface area contributed by atoms with Crippen molar-refractivity contribution in [3.05, 3.63) is 47.2 Å². The second-order valence-electron chi connectivity index (χ2n) is 8.49. The molecule has 1 aliphatic rings. The zero-order valence-electron chi connectivity index (χ0n) is 19.6. The quantitative estimate of drug-likeness (QED) is 0.454. The van der Waals surface area contributed by atoms with Crippen molar-refractivity contribution in [1.82, 2.24) is 19.0 Å². The van der Waals surface area contributed by atoms with Crippen LogP contribution in [0.2, 0.25) is 5.02 Å². The topological polar surface area (TPSA) is 106 Å². The third-order valence-electron chi connectivity index (χ3n) is 5.81. The standard InChI is InChI=1S/C23H27ClFN5O4S/c1-30(2)35(31,32)29-14-4-7-16(8-5-14)34-23-27-21-13-17(33-3)9-10-18(21)22(28-23)26-15-6-11-20(25)19(24)12-15/h6,9-14,16,29H,4-5,7-8H2,1-3H3,(H,26,27,28)/t14-,16-. The summed E-state index contributed by atoms with van der Waals surface area (Å²) in [6, 6.07) is 9.75. The van der Waals surface area contributed by atoms with Crippen molar-refractivity contribution < 1.29 is 22.3 Å². The van der Waals surface area contributed by atoms with Crippen LogP contribution in [-0.2, 0) is 10.2 Å². The molecule has 188 valence electrons. The number of hydrogen-bond donors (Lipinski definition) is 2. The Bertz CT molecular complexity index is 1320. The molecule has 1 heterocycles. The zero-order valence-corrected chi connectivity index (χ0v) is 21.2. The second-order valence-corrected chi connectivity index (χ2v) is 10.8. The number of anilines is 2. The molecule has 0 radical (unpaired) electrons. The number of benzene rings is 2. The van der Waals surface area contributed by atoms with Gasteiger partial charge in [-0.3, -0.25) is 0 Å². The van der Waals surface area contributed by atoms with E-state index in [0.717, 1.165) is 9.69 Å². The van der Waals surface area contributed by atoms with E-state index in [9.17, 15) is 12.8 Å². The smallest absolute Gasteiger partial charge is 0.319 e. The van der Waals surface area contributed by atoms with Gasteiger partial charge < -0.3 is 14.8 Å². The van der Waals surface area contributed by atoms with Crippen LogP contribution in [0.5, 0.6) is 11.8 Å². The molecule has 12 heteroatoms. The third-order valence-corrected chi connectivity index (χ3v) is 7.69. The summed E-state index contributed by atoms with van der Waals surface area (Å²) in [5.41, 5.74) is 1.17. The lowest BCUT2D eigenvalue weighted by Gasteiger charge is -2.29. The van der Waals surface area contributed by atoms with Gasteiger partial charge in [-0.15, -0.1) is 0 Å². The maximum absolute atomic E-state index is 13.6. The van der Waals surface area contributed by atoms with E-state index in [1.807, 2.05) is 6.07 Å². The molecule has 0 atom stereocenters. The zero-order chi connectivity index (χ0) is 25.2. The predicted octanol–water partition coefficient (Wildman–Crippen LogP) is 4.26. The Morgan fingerprint density at radius 2 is 1.83 bits per heavy atom. The second kappa shape index (κ2) is 10.5. The van der Waals surface area contributed by atoms with Gasteiger partial charge in [0.05, 0.1) is 17.6 Å². The Balaban J connectivity index is 1.54. The average molecular weight is 524 g/mol. The van der Waals surface area contributed by atoms with E-state index < -0.39 is 16.0 Å². The van der Waals surface area contributed by atoms with Crippen molar-refractivity contribution in [2.45, 2.75) is 37.8 Å². The van der Waals surface area contributed by atoms with Gasteiger partial charge in [0.2, 0.25) is 0 Å². The average Bonchev–Trinajstić information content (AvgIpc) is 2.82. The van der Waals surface area contributed by atoms with Crippen LogP contribution in [0.4, 0.5) is 15.9 Å². The molecule has 0 unspecified atom stereocenters. The molecule has 3 aromatic rings. The lowest BCUT2D eigenvalue weighted by atomic mass is 9.94. The minimum absolute atomic E-state index is 0.00634. The lowest BCUT2D eigenvalue weighted by molar-refractivity contribution is 0.132. The van der Waals surface area contributed by atoms with Crippen LogP contribution >= 0.6 is 11.6 Å². The fraction of sp³-hybridized carbons (Fsp3) is 0.391. The molecule has 0 aliphatic heterocycles. The summed E-state index contributed by atoms with van der Waals surface area (Å²) >= 11 is 5.93. The van der Waals surface area contributed by atoms with E-state index in [4.69, 9.17) is 21.1 Å². The highest BCUT2D eigenvalue weighted by Crippen LogP contribution is 2.31. The van der Waals surface area contributed by atoms with E-state index in [1.165, 1.54) is 26.2 Å². The van der Waals surface area contributed by atoms with E-state index >= 15 is 0 Å². The number of methoxy groups -OCH3 is 1. The van der Waals surface area contributed by atoms with E-state index in [-0.39, 0.29) is 23.2 Å². The Morgan fingerprint density at radius 1 is 1.09 bits per heavy atom. The molecule has 0 bridgehead atoms. The molecule has 1 fully saturated rings. The van der Waals surface area contributed by atoms with Crippen LogP contribution < -0.4 is 19.5 Å². The van der Waals surface area contributed by atoms with Gasteiger partial charge in [0.1, 0.15) is 23.5 Å². The highest BCUT2D eigenvalue weighted by Gasteiger charge is 2.27. The van der Waals surface area contributed by atoms with Crippen LogP contribution in [0, 0.1) is 5.82 Å². The van der Waals surface area contributed by atoms with Gasteiger partial charge in [-0.05, 0) is 56.0 Å². The van der Waals surface area contributed by atoms with Crippen LogP contribution in [-0.4, -0.2) is 56.0 Å². The summed E-state index contributed by atoms with van der Waals surface area (Å²) in [5, 5.41) is 3.89. The lowest BCUT2D eigenvalue weighted by Crippen LogP contribution is -2.44. The summed E-state index contributed by atoms with van der Waals surface area (Å²) in [6.45, 7) is 0. The molecule has 1 aliphatic carbocycles. The van der Waals surface area contributed by atoms with Gasteiger partial charge in [-0.2, -0.15) is 27.4 Å². The molecule has 0 spiro atoms. The number of ether oxygens (including phenoxy) is 2. The highest BCUT2D eigenvalue weighted by molar-refractivity contribution is 7.87. The van der Waals surface area contributed by atoms with E-state index in [1.54, 1.807) is 25.3 Å². The van der Waals surface area contributed by atoms with Crippen molar-refractivity contribution in [3.63, 3.8) is 0 Å². The van der Waals surface area contributed by atoms with Crippen molar-refractivity contribution in [3.8, 4) is 11.8 Å². The number of hydrogen-bond acceptors (Lipinski definition) is 7. The molecular formula is C23H27ClFN5O4S. The SMILES string of the molecule is COc1ccc2c(Nc3ccc(F)c(Cl)c3)nc(O[C@H]3CC[C@H](NS(=O)(=O)N(C)C)CC3)nc2c1. The number of halogens is 2. The van der Waals surface area contributed by atoms with Crippen molar-refractivity contribution in [1.29, 1.82) is 0 Å². The van der Waals surface area contributed by atoms with Crippen LogP contribution in [0.1, 0.15) is 25.7 Å². The Kier molecular flexibility index (Phi) is 7.60. The summed E-state index contributed by atoms with van der Waals surface area (Å²) in [7, 11) is 1.08. The van der Waals surface area contributed by atoms with Gasteiger partial charge in [0.15, 0.2) is 0 Å². The molecule has 35 heavy (non-hydrogen) atoms. The molecule has 9 nitrogen and oxygen atoms in total. The number of aromatic nitrogens is 2. The van der Waals surface area contributed by atoms with Gasteiger partial charge >= 0.3 is 6.01 Å². The van der Waals surface area contributed by atoms with Crippen molar-refractivity contribution in [2.24, 2.45) is 0 Å². The van der Waals surface area contributed by atoms with Crippen LogP contribution in [0.15, 0.2) is 36.4 Å².